The van der Waals surface area contributed by atoms with Crippen LogP contribution in [0.5, 0.6) is 0 Å². The molecule has 0 radical (unpaired) electrons. The minimum absolute atomic E-state index is 0.190. The highest BCUT2D eigenvalue weighted by Crippen LogP contribution is 2.34. The molecule has 3 aromatic rings. The van der Waals surface area contributed by atoms with E-state index < -0.39 is 0 Å². The summed E-state index contributed by atoms with van der Waals surface area (Å²) in [5.74, 6) is 0.190. The maximum Gasteiger partial charge on any atom is 0.142 e. The van der Waals surface area contributed by atoms with Gasteiger partial charge in [-0.3, -0.25) is 0 Å². The number of benzene rings is 2. The van der Waals surface area contributed by atoms with Gasteiger partial charge in [0.1, 0.15) is 17.5 Å². The van der Waals surface area contributed by atoms with Gasteiger partial charge in [-0.2, -0.15) is 5.26 Å². The topological polar surface area (TPSA) is 62.7 Å². The Morgan fingerprint density at radius 3 is 2.30 bits per heavy atom. The Labute approximate surface area is 143 Å². The molecular weight excluding hydrogens is 329 g/mol. The highest BCUT2D eigenvalue weighted by Gasteiger charge is 2.14. The summed E-state index contributed by atoms with van der Waals surface area (Å²) >= 11 is 12.1. The summed E-state index contributed by atoms with van der Waals surface area (Å²) in [5.41, 5.74) is 9.37. The van der Waals surface area contributed by atoms with Gasteiger partial charge < -0.3 is 5.73 Å². The first-order valence-electron chi connectivity index (χ1n) is 6.81. The van der Waals surface area contributed by atoms with Gasteiger partial charge in [0.15, 0.2) is 0 Å². The fourth-order valence-corrected chi connectivity index (χ4v) is 2.63. The quantitative estimate of drug-likeness (QED) is 0.699. The zero-order chi connectivity index (χ0) is 16.4. The number of anilines is 1. The van der Waals surface area contributed by atoms with Crippen LogP contribution >= 0.6 is 23.2 Å². The summed E-state index contributed by atoms with van der Waals surface area (Å²) < 4.78 is 0. The van der Waals surface area contributed by atoms with Crippen molar-refractivity contribution in [3.8, 4) is 28.5 Å². The summed E-state index contributed by atoms with van der Waals surface area (Å²) in [6.45, 7) is 0. The second-order valence-electron chi connectivity index (χ2n) is 4.92. The van der Waals surface area contributed by atoms with Crippen LogP contribution in [0, 0.1) is 11.3 Å². The predicted octanol–water partition coefficient (Wildman–Crippen LogP) is 5.18. The van der Waals surface area contributed by atoms with Crippen LogP contribution in [0.4, 0.5) is 5.82 Å². The van der Waals surface area contributed by atoms with E-state index in [2.05, 4.69) is 11.1 Å². The summed E-state index contributed by atoms with van der Waals surface area (Å²) in [7, 11) is 0. The van der Waals surface area contributed by atoms with E-state index >= 15 is 0 Å². The van der Waals surface area contributed by atoms with E-state index in [9.17, 15) is 5.26 Å². The molecule has 0 saturated heterocycles. The third-order valence-electron chi connectivity index (χ3n) is 3.46. The zero-order valence-corrected chi connectivity index (χ0v) is 13.4. The van der Waals surface area contributed by atoms with Crippen molar-refractivity contribution in [1.82, 2.24) is 4.98 Å². The lowest BCUT2D eigenvalue weighted by molar-refractivity contribution is 1.31. The van der Waals surface area contributed by atoms with Crippen LogP contribution in [0.15, 0.2) is 54.6 Å². The fraction of sp³-hybridized carbons (Fsp3) is 0. The highest BCUT2D eigenvalue weighted by atomic mass is 35.5. The van der Waals surface area contributed by atoms with Gasteiger partial charge in [0.25, 0.3) is 0 Å². The number of hydrogen-bond donors (Lipinski definition) is 1. The van der Waals surface area contributed by atoms with Crippen molar-refractivity contribution in [2.75, 3.05) is 5.73 Å². The SMILES string of the molecule is N#Cc1c(-c2ccc(Cl)c(Cl)c2)cc(-c2ccccc2)nc1N. The molecule has 3 rings (SSSR count). The van der Waals surface area contributed by atoms with Crippen molar-refractivity contribution in [3.05, 3.63) is 70.2 Å². The molecule has 2 N–H and O–H groups in total. The Kier molecular flexibility index (Phi) is 4.20. The number of nitrogen functional groups attached to an aromatic ring is 1. The van der Waals surface area contributed by atoms with Crippen LogP contribution in [0.25, 0.3) is 22.4 Å². The standard InChI is InChI=1S/C18H11Cl2N3/c19-15-7-6-12(8-16(15)20)13-9-17(11-4-2-1-3-5-11)23-18(22)14(13)10-21/h1-9H,(H2,22,23). The lowest BCUT2D eigenvalue weighted by atomic mass is 9.98. The number of pyridine rings is 1. The lowest BCUT2D eigenvalue weighted by Crippen LogP contribution is -1.99. The van der Waals surface area contributed by atoms with Crippen LogP contribution in [0.1, 0.15) is 5.56 Å². The van der Waals surface area contributed by atoms with Crippen molar-refractivity contribution >= 4 is 29.0 Å². The molecular formula is C18H11Cl2N3. The highest BCUT2D eigenvalue weighted by molar-refractivity contribution is 6.42. The Balaban J connectivity index is 2.24. The average molecular weight is 340 g/mol. The Hall–Kier alpha value is -2.54. The second kappa shape index (κ2) is 6.29. The van der Waals surface area contributed by atoms with E-state index in [0.717, 1.165) is 11.1 Å². The van der Waals surface area contributed by atoms with E-state index in [-0.39, 0.29) is 5.82 Å². The second-order valence-corrected chi connectivity index (χ2v) is 5.74. The molecule has 0 aliphatic heterocycles. The van der Waals surface area contributed by atoms with E-state index in [1.54, 1.807) is 18.2 Å². The molecule has 0 saturated carbocycles. The molecule has 23 heavy (non-hydrogen) atoms. The van der Waals surface area contributed by atoms with Gasteiger partial charge >= 0.3 is 0 Å². The first-order valence-corrected chi connectivity index (χ1v) is 7.57. The molecule has 0 amide bonds. The van der Waals surface area contributed by atoms with Crippen molar-refractivity contribution in [2.24, 2.45) is 0 Å². The molecule has 0 aliphatic rings. The van der Waals surface area contributed by atoms with Crippen molar-refractivity contribution in [1.29, 1.82) is 5.26 Å². The summed E-state index contributed by atoms with van der Waals surface area (Å²) in [6, 6.07) is 18.8. The van der Waals surface area contributed by atoms with Crippen molar-refractivity contribution in [2.45, 2.75) is 0 Å². The molecule has 112 valence electrons. The maximum absolute atomic E-state index is 9.42. The van der Waals surface area contributed by atoms with Gasteiger partial charge in [-0.05, 0) is 23.8 Å². The summed E-state index contributed by atoms with van der Waals surface area (Å²) in [5, 5.41) is 10.3. The molecule has 0 atom stereocenters. The smallest absolute Gasteiger partial charge is 0.142 e. The monoisotopic (exact) mass is 339 g/mol. The van der Waals surface area contributed by atoms with Crippen LogP contribution in [0.2, 0.25) is 10.0 Å². The average Bonchev–Trinajstić information content (AvgIpc) is 2.57. The summed E-state index contributed by atoms with van der Waals surface area (Å²) in [6.07, 6.45) is 0. The Bertz CT molecular complexity index is 916. The van der Waals surface area contributed by atoms with Gasteiger partial charge in [-0.25, -0.2) is 4.98 Å². The minimum atomic E-state index is 0.190. The molecule has 0 unspecified atom stereocenters. The van der Waals surface area contributed by atoms with Gasteiger partial charge in [0.05, 0.1) is 15.7 Å². The number of aromatic nitrogens is 1. The molecule has 5 heteroatoms. The van der Waals surface area contributed by atoms with E-state index in [1.165, 1.54) is 0 Å². The Morgan fingerprint density at radius 2 is 1.65 bits per heavy atom. The number of rotatable bonds is 2. The number of hydrogen-bond acceptors (Lipinski definition) is 3. The van der Waals surface area contributed by atoms with Crippen LogP contribution in [-0.4, -0.2) is 4.98 Å². The van der Waals surface area contributed by atoms with Crippen LogP contribution in [0.3, 0.4) is 0 Å². The van der Waals surface area contributed by atoms with E-state index in [1.807, 2.05) is 36.4 Å². The van der Waals surface area contributed by atoms with Gasteiger partial charge in [0.2, 0.25) is 0 Å². The largest absolute Gasteiger partial charge is 0.383 e. The van der Waals surface area contributed by atoms with Gasteiger partial charge in [-0.1, -0.05) is 59.6 Å². The summed E-state index contributed by atoms with van der Waals surface area (Å²) in [4.78, 5) is 4.34. The molecule has 1 heterocycles. The molecule has 3 nitrogen and oxygen atoms in total. The van der Waals surface area contributed by atoms with E-state index in [0.29, 0.717) is 26.9 Å². The number of nitriles is 1. The fourth-order valence-electron chi connectivity index (χ4n) is 2.33. The van der Waals surface area contributed by atoms with Crippen molar-refractivity contribution < 1.29 is 0 Å². The zero-order valence-electron chi connectivity index (χ0n) is 11.9. The Morgan fingerprint density at radius 1 is 0.913 bits per heavy atom. The van der Waals surface area contributed by atoms with Crippen LogP contribution < -0.4 is 5.73 Å². The number of nitrogens with two attached hydrogens (primary N) is 1. The first-order chi connectivity index (χ1) is 11.1. The van der Waals surface area contributed by atoms with Gasteiger partial charge in [0, 0.05) is 11.1 Å². The predicted molar refractivity (Wildman–Crippen MR) is 94.3 cm³/mol. The third-order valence-corrected chi connectivity index (χ3v) is 4.20. The third kappa shape index (κ3) is 3.00. The molecule has 0 aliphatic carbocycles. The molecule has 1 aromatic heterocycles. The molecule has 2 aromatic carbocycles. The number of halogens is 2. The normalized spacial score (nSPS) is 10.3. The molecule has 0 fully saturated rings. The molecule has 0 spiro atoms. The van der Waals surface area contributed by atoms with Crippen molar-refractivity contribution in [3.63, 3.8) is 0 Å². The lowest BCUT2D eigenvalue weighted by Gasteiger charge is -2.11. The van der Waals surface area contributed by atoms with E-state index in [4.69, 9.17) is 28.9 Å². The van der Waals surface area contributed by atoms with Gasteiger partial charge in [-0.15, -0.1) is 0 Å². The first kappa shape index (κ1) is 15.4. The molecule has 0 bridgehead atoms. The van der Waals surface area contributed by atoms with Crippen LogP contribution in [-0.2, 0) is 0 Å². The maximum atomic E-state index is 9.42. The minimum Gasteiger partial charge on any atom is -0.383 e. The number of nitrogens with zero attached hydrogens (tertiary/aromatic N) is 2.